The number of rotatable bonds is 3. The molecule has 1 rings (SSSR count). The van der Waals surface area contributed by atoms with Crippen molar-refractivity contribution in [2.75, 3.05) is 6.54 Å². The van der Waals surface area contributed by atoms with Gasteiger partial charge in [-0.3, -0.25) is 4.79 Å². The Morgan fingerprint density at radius 2 is 2.19 bits per heavy atom. The van der Waals surface area contributed by atoms with Crippen LogP contribution in [0.2, 0.25) is 5.02 Å². The zero-order chi connectivity index (χ0) is 12.1. The molecule has 0 aliphatic heterocycles. The van der Waals surface area contributed by atoms with E-state index in [0.29, 0.717) is 17.1 Å². The van der Waals surface area contributed by atoms with E-state index in [9.17, 15) is 4.79 Å². The summed E-state index contributed by atoms with van der Waals surface area (Å²) in [5.74, 6) is -0.101. The summed E-state index contributed by atoms with van der Waals surface area (Å²) in [6.07, 6.45) is 1.96. The Kier molecular flexibility index (Phi) is 5.28. The van der Waals surface area contributed by atoms with Crippen molar-refractivity contribution in [3.63, 3.8) is 0 Å². The Balaban J connectivity index is 2.66. The van der Waals surface area contributed by atoms with Gasteiger partial charge in [0.2, 0.25) is 0 Å². The molecular weight excluding hydrogens is 336 g/mol. The largest absolute Gasteiger partial charge is 0.349 e. The third-order valence-corrected chi connectivity index (χ3v) is 3.53. The van der Waals surface area contributed by atoms with Crippen molar-refractivity contribution >= 4 is 40.1 Å². The maximum absolute atomic E-state index is 11.7. The van der Waals surface area contributed by atoms with Gasteiger partial charge in [0.15, 0.2) is 0 Å². The van der Waals surface area contributed by atoms with E-state index >= 15 is 0 Å². The van der Waals surface area contributed by atoms with E-state index < -0.39 is 0 Å². The second-order valence-electron chi connectivity index (χ2n) is 3.62. The number of nitrogens with one attached hydrogen (secondary N) is 1. The zero-order valence-electron chi connectivity index (χ0n) is 9.18. The molecule has 1 N–H and O–H groups in total. The van der Waals surface area contributed by atoms with Crippen molar-refractivity contribution in [3.8, 4) is 0 Å². The van der Waals surface area contributed by atoms with Crippen LogP contribution in [0, 0.1) is 3.57 Å². The lowest BCUT2D eigenvalue weighted by atomic mass is 10.2. The van der Waals surface area contributed by atoms with Crippen LogP contribution in [0.25, 0.3) is 0 Å². The summed E-state index contributed by atoms with van der Waals surface area (Å²) in [7, 11) is 0. The number of carbonyl (C=O) groups is 1. The fourth-order valence-corrected chi connectivity index (χ4v) is 1.60. The quantitative estimate of drug-likeness (QED) is 0.655. The van der Waals surface area contributed by atoms with Crippen molar-refractivity contribution in [3.05, 3.63) is 44.0 Å². The number of allylic oxidation sites excluding steroid dienone is 1. The van der Waals surface area contributed by atoms with Gasteiger partial charge in [-0.1, -0.05) is 23.3 Å². The predicted molar refractivity (Wildman–Crippen MR) is 75.9 cm³/mol. The van der Waals surface area contributed by atoms with Crippen LogP contribution in [0.3, 0.4) is 0 Å². The number of hydrogen-bond acceptors (Lipinski definition) is 1. The summed E-state index contributed by atoms with van der Waals surface area (Å²) >= 11 is 8.07. The molecule has 0 saturated carbocycles. The van der Waals surface area contributed by atoms with Gasteiger partial charge in [-0.25, -0.2) is 0 Å². The Morgan fingerprint density at radius 3 is 2.75 bits per heavy atom. The van der Waals surface area contributed by atoms with E-state index in [2.05, 4.69) is 27.9 Å². The highest BCUT2D eigenvalue weighted by atomic mass is 127. The Morgan fingerprint density at radius 1 is 1.50 bits per heavy atom. The highest BCUT2D eigenvalue weighted by Gasteiger charge is 2.06. The fraction of sp³-hybridized carbons (Fsp3) is 0.250. The fourth-order valence-electron chi connectivity index (χ4n) is 1.09. The van der Waals surface area contributed by atoms with Gasteiger partial charge in [0.05, 0.1) is 5.02 Å². The average molecular weight is 350 g/mol. The van der Waals surface area contributed by atoms with Gasteiger partial charge in [-0.15, -0.1) is 0 Å². The molecule has 0 aliphatic rings. The molecule has 0 bridgehead atoms. The molecule has 4 heteroatoms. The Hall–Kier alpha value is -0.550. The second kappa shape index (κ2) is 6.25. The molecule has 16 heavy (non-hydrogen) atoms. The van der Waals surface area contributed by atoms with E-state index in [-0.39, 0.29) is 5.91 Å². The van der Waals surface area contributed by atoms with Crippen molar-refractivity contribution in [2.24, 2.45) is 0 Å². The maximum Gasteiger partial charge on any atom is 0.251 e. The first kappa shape index (κ1) is 13.5. The topological polar surface area (TPSA) is 29.1 Å². The van der Waals surface area contributed by atoms with Gasteiger partial charge < -0.3 is 5.32 Å². The van der Waals surface area contributed by atoms with Crippen molar-refractivity contribution in [1.29, 1.82) is 0 Å². The van der Waals surface area contributed by atoms with Crippen molar-refractivity contribution in [2.45, 2.75) is 13.8 Å². The van der Waals surface area contributed by atoms with Gasteiger partial charge in [-0.2, -0.15) is 0 Å². The normalized spacial score (nSPS) is 9.75. The van der Waals surface area contributed by atoms with E-state index in [1.165, 1.54) is 5.57 Å². The van der Waals surface area contributed by atoms with Crippen molar-refractivity contribution < 1.29 is 4.79 Å². The Labute approximate surface area is 114 Å². The van der Waals surface area contributed by atoms with E-state index in [0.717, 1.165) is 3.57 Å². The molecule has 86 valence electrons. The predicted octanol–water partition coefficient (Wildman–Crippen LogP) is 3.64. The second-order valence-corrected chi connectivity index (χ2v) is 5.19. The van der Waals surface area contributed by atoms with Gasteiger partial charge in [0.25, 0.3) is 5.91 Å². The summed E-state index contributed by atoms with van der Waals surface area (Å²) < 4.78 is 0.945. The monoisotopic (exact) mass is 349 g/mol. The van der Waals surface area contributed by atoms with Crippen LogP contribution in [0.1, 0.15) is 24.2 Å². The lowest BCUT2D eigenvalue weighted by Gasteiger charge is -2.04. The molecule has 1 aromatic rings. The highest BCUT2D eigenvalue weighted by molar-refractivity contribution is 14.1. The van der Waals surface area contributed by atoms with Crippen LogP contribution in [-0.2, 0) is 0 Å². The van der Waals surface area contributed by atoms with Gasteiger partial charge in [0, 0.05) is 15.7 Å². The number of carbonyl (C=O) groups excluding carboxylic acids is 1. The molecule has 0 radical (unpaired) electrons. The van der Waals surface area contributed by atoms with Gasteiger partial charge in [0.1, 0.15) is 0 Å². The van der Waals surface area contributed by atoms with Crippen LogP contribution in [0.15, 0.2) is 29.8 Å². The average Bonchev–Trinajstić information content (AvgIpc) is 2.21. The lowest BCUT2D eigenvalue weighted by molar-refractivity contribution is 0.0958. The molecule has 2 nitrogen and oxygen atoms in total. The Bertz CT molecular complexity index is 425. The van der Waals surface area contributed by atoms with Crippen LogP contribution >= 0.6 is 34.2 Å². The molecule has 1 amide bonds. The molecule has 0 saturated heterocycles. The molecule has 0 aliphatic carbocycles. The molecule has 1 aromatic carbocycles. The van der Waals surface area contributed by atoms with Gasteiger partial charge in [-0.05, 0) is 54.6 Å². The SMILES string of the molecule is CC(C)=CCNC(=O)c1ccc(I)c(Cl)c1. The van der Waals surface area contributed by atoms with Crippen LogP contribution < -0.4 is 5.32 Å². The first-order valence-corrected chi connectivity index (χ1v) is 6.33. The minimum absolute atomic E-state index is 0.101. The number of benzene rings is 1. The standard InChI is InChI=1S/C12H13ClINO/c1-8(2)5-6-15-12(16)9-3-4-11(14)10(13)7-9/h3-5,7H,6H2,1-2H3,(H,15,16). The van der Waals surface area contributed by atoms with E-state index in [4.69, 9.17) is 11.6 Å². The number of halogens is 2. The third-order valence-electron chi connectivity index (χ3n) is 1.95. The highest BCUT2D eigenvalue weighted by Crippen LogP contribution is 2.19. The lowest BCUT2D eigenvalue weighted by Crippen LogP contribution is -2.23. The first-order valence-electron chi connectivity index (χ1n) is 4.87. The number of amides is 1. The molecule has 0 heterocycles. The summed E-state index contributed by atoms with van der Waals surface area (Å²) in [6.45, 7) is 4.53. The van der Waals surface area contributed by atoms with E-state index in [1.807, 2.05) is 26.0 Å². The van der Waals surface area contributed by atoms with Crippen LogP contribution in [-0.4, -0.2) is 12.5 Å². The third kappa shape index (κ3) is 4.14. The summed E-state index contributed by atoms with van der Waals surface area (Å²) in [5.41, 5.74) is 1.77. The van der Waals surface area contributed by atoms with E-state index in [1.54, 1.807) is 12.1 Å². The zero-order valence-corrected chi connectivity index (χ0v) is 12.1. The summed E-state index contributed by atoms with van der Waals surface area (Å²) in [4.78, 5) is 11.7. The summed E-state index contributed by atoms with van der Waals surface area (Å²) in [6, 6.07) is 5.28. The molecule has 0 atom stereocenters. The van der Waals surface area contributed by atoms with Crippen LogP contribution in [0.4, 0.5) is 0 Å². The first-order chi connectivity index (χ1) is 7.50. The van der Waals surface area contributed by atoms with Gasteiger partial charge >= 0.3 is 0 Å². The number of hydrogen-bond donors (Lipinski definition) is 1. The minimum Gasteiger partial charge on any atom is -0.349 e. The molecule has 0 aromatic heterocycles. The van der Waals surface area contributed by atoms with Crippen molar-refractivity contribution in [1.82, 2.24) is 5.32 Å². The maximum atomic E-state index is 11.7. The molecule has 0 unspecified atom stereocenters. The summed E-state index contributed by atoms with van der Waals surface area (Å²) in [5, 5.41) is 3.41. The molecule has 0 spiro atoms. The minimum atomic E-state index is -0.101. The molecular formula is C12H13ClINO. The van der Waals surface area contributed by atoms with Crippen LogP contribution in [0.5, 0.6) is 0 Å². The smallest absolute Gasteiger partial charge is 0.251 e. The molecule has 0 fully saturated rings.